The van der Waals surface area contributed by atoms with Gasteiger partial charge in [-0.2, -0.15) is 0 Å². The molecule has 0 spiro atoms. The summed E-state index contributed by atoms with van der Waals surface area (Å²) in [5.41, 5.74) is 2.00. The third kappa shape index (κ3) is 3.32. The quantitative estimate of drug-likeness (QED) is 0.505. The average molecular weight is 365 g/mol. The van der Waals surface area contributed by atoms with Gasteiger partial charge in [-0.25, -0.2) is 9.48 Å². The van der Waals surface area contributed by atoms with Crippen LogP contribution in [0, 0.1) is 0 Å². The number of halogens is 1. The lowest BCUT2D eigenvalue weighted by Crippen LogP contribution is -2.05. The Kier molecular flexibility index (Phi) is 4.91. The highest BCUT2D eigenvalue weighted by molar-refractivity contribution is 7.98. The second kappa shape index (κ2) is 6.94. The van der Waals surface area contributed by atoms with Gasteiger partial charge in [0.2, 0.25) is 5.16 Å². The molecule has 0 unspecified atom stereocenters. The molecule has 0 fully saturated rings. The van der Waals surface area contributed by atoms with Crippen LogP contribution in [0.5, 0.6) is 0 Å². The predicted octanol–water partition coefficient (Wildman–Crippen LogP) is 3.87. The van der Waals surface area contributed by atoms with Gasteiger partial charge in [0.25, 0.3) is 0 Å². The first-order valence-corrected chi connectivity index (χ1v) is 9.01. The summed E-state index contributed by atoms with van der Waals surface area (Å²) in [6, 6.07) is 5.37. The number of aryl methyl sites for hydroxylation is 1. The van der Waals surface area contributed by atoms with Gasteiger partial charge in [0, 0.05) is 22.2 Å². The summed E-state index contributed by atoms with van der Waals surface area (Å²) in [5.74, 6) is 0.553. The minimum absolute atomic E-state index is 0.168. The van der Waals surface area contributed by atoms with E-state index in [1.54, 1.807) is 4.68 Å². The van der Waals surface area contributed by atoms with Crippen LogP contribution in [0.1, 0.15) is 37.9 Å². The predicted molar refractivity (Wildman–Crippen MR) is 94.6 cm³/mol. The van der Waals surface area contributed by atoms with E-state index in [2.05, 4.69) is 15.5 Å². The van der Waals surface area contributed by atoms with Gasteiger partial charge in [-0.05, 0) is 54.0 Å². The molecule has 0 saturated heterocycles. The molecule has 0 aliphatic rings. The molecule has 0 amide bonds. The first kappa shape index (κ1) is 17.0. The number of hydrogen-bond donors (Lipinski definition) is 0. The SMILES string of the molecule is CCc1cc2oc(=O)cc(CSc3nnnn3C(C)C)c2cc1Cl. The molecule has 0 atom stereocenters. The Morgan fingerprint density at radius 2 is 2.08 bits per heavy atom. The lowest BCUT2D eigenvalue weighted by atomic mass is 10.1. The Morgan fingerprint density at radius 3 is 2.79 bits per heavy atom. The van der Waals surface area contributed by atoms with E-state index >= 15 is 0 Å². The normalized spacial score (nSPS) is 11.5. The highest BCUT2D eigenvalue weighted by Gasteiger charge is 2.13. The zero-order chi connectivity index (χ0) is 17.3. The van der Waals surface area contributed by atoms with Crippen LogP contribution in [0.3, 0.4) is 0 Å². The van der Waals surface area contributed by atoms with Gasteiger partial charge >= 0.3 is 5.63 Å². The summed E-state index contributed by atoms with van der Waals surface area (Å²) >= 11 is 7.80. The van der Waals surface area contributed by atoms with Crippen molar-refractivity contribution in [3.05, 3.63) is 44.8 Å². The molecule has 0 aliphatic heterocycles. The molecule has 0 bridgehead atoms. The lowest BCUT2D eigenvalue weighted by Gasteiger charge is -2.09. The topological polar surface area (TPSA) is 73.8 Å². The van der Waals surface area contributed by atoms with E-state index in [0.29, 0.717) is 21.5 Å². The summed E-state index contributed by atoms with van der Waals surface area (Å²) in [6.07, 6.45) is 0.778. The molecular weight excluding hydrogens is 348 g/mol. The number of hydrogen-bond acceptors (Lipinski definition) is 6. The molecule has 1 aromatic carbocycles. The van der Waals surface area contributed by atoms with Crippen LogP contribution in [-0.4, -0.2) is 20.2 Å². The molecule has 0 aliphatic carbocycles. The molecule has 3 aromatic rings. The third-order valence-corrected chi connectivity index (χ3v) is 5.02. The fourth-order valence-corrected chi connectivity index (χ4v) is 3.72. The summed E-state index contributed by atoms with van der Waals surface area (Å²) in [5, 5.41) is 14.0. The maximum absolute atomic E-state index is 11.9. The number of thioether (sulfide) groups is 1. The van der Waals surface area contributed by atoms with Gasteiger partial charge in [0.1, 0.15) is 5.58 Å². The van der Waals surface area contributed by atoms with E-state index < -0.39 is 0 Å². The number of nitrogens with zero attached hydrogens (tertiary/aromatic N) is 4. The Morgan fingerprint density at radius 1 is 1.29 bits per heavy atom. The van der Waals surface area contributed by atoms with E-state index in [0.717, 1.165) is 22.9 Å². The molecule has 3 rings (SSSR count). The minimum atomic E-state index is -0.370. The van der Waals surface area contributed by atoms with Crippen molar-refractivity contribution in [1.29, 1.82) is 0 Å². The van der Waals surface area contributed by atoms with Crippen molar-refractivity contribution in [2.75, 3.05) is 0 Å². The van der Waals surface area contributed by atoms with Crippen LogP contribution in [0.4, 0.5) is 0 Å². The Balaban J connectivity index is 1.98. The van der Waals surface area contributed by atoms with Crippen molar-refractivity contribution in [1.82, 2.24) is 20.2 Å². The Hall–Kier alpha value is -1.86. The minimum Gasteiger partial charge on any atom is -0.423 e. The number of benzene rings is 1. The molecule has 0 N–H and O–H groups in total. The van der Waals surface area contributed by atoms with Crippen molar-refractivity contribution >= 4 is 34.3 Å². The highest BCUT2D eigenvalue weighted by atomic mass is 35.5. The first-order chi connectivity index (χ1) is 11.5. The number of aromatic nitrogens is 4. The van der Waals surface area contributed by atoms with Gasteiger partial charge in [-0.1, -0.05) is 30.3 Å². The van der Waals surface area contributed by atoms with Gasteiger partial charge in [0.15, 0.2) is 0 Å². The van der Waals surface area contributed by atoms with Gasteiger partial charge in [-0.15, -0.1) is 5.10 Å². The monoisotopic (exact) mass is 364 g/mol. The van der Waals surface area contributed by atoms with Crippen molar-refractivity contribution in [2.24, 2.45) is 0 Å². The molecular formula is C16H17ClN4O2S. The Bertz CT molecular complexity index is 935. The molecule has 126 valence electrons. The van der Waals surface area contributed by atoms with Crippen molar-refractivity contribution in [3.8, 4) is 0 Å². The molecule has 0 saturated carbocycles. The number of fused-ring (bicyclic) bond motifs is 1. The second-order valence-electron chi connectivity index (χ2n) is 5.67. The molecule has 6 nitrogen and oxygen atoms in total. The molecule has 8 heteroatoms. The van der Waals surface area contributed by atoms with Crippen LogP contribution >= 0.6 is 23.4 Å². The molecule has 24 heavy (non-hydrogen) atoms. The first-order valence-electron chi connectivity index (χ1n) is 7.65. The highest BCUT2D eigenvalue weighted by Crippen LogP contribution is 2.29. The smallest absolute Gasteiger partial charge is 0.336 e. The van der Waals surface area contributed by atoms with Gasteiger partial charge in [-0.3, -0.25) is 0 Å². The van der Waals surface area contributed by atoms with Crippen molar-refractivity contribution < 1.29 is 4.42 Å². The summed E-state index contributed by atoms with van der Waals surface area (Å²) in [4.78, 5) is 11.9. The van der Waals surface area contributed by atoms with Gasteiger partial charge in [0.05, 0.1) is 6.04 Å². The fourth-order valence-electron chi connectivity index (χ4n) is 2.43. The molecule has 2 heterocycles. The van der Waals surface area contributed by atoms with Gasteiger partial charge < -0.3 is 4.42 Å². The Labute approximate surface area is 148 Å². The largest absolute Gasteiger partial charge is 0.423 e. The van der Waals surface area contributed by atoms with Crippen LogP contribution in [0.15, 0.2) is 32.6 Å². The van der Waals surface area contributed by atoms with E-state index in [-0.39, 0.29) is 11.7 Å². The third-order valence-electron chi connectivity index (χ3n) is 3.69. The zero-order valence-corrected chi connectivity index (χ0v) is 15.2. The standard InChI is InChI=1S/C16H17ClN4O2S/c1-4-10-5-14-12(7-13(10)17)11(6-15(22)23-14)8-24-16-18-19-20-21(16)9(2)3/h5-7,9H,4,8H2,1-3H3. The van der Waals surface area contributed by atoms with Crippen LogP contribution in [0.2, 0.25) is 5.02 Å². The fraction of sp³-hybridized carbons (Fsp3) is 0.375. The van der Waals surface area contributed by atoms with E-state index in [1.807, 2.05) is 32.9 Å². The summed E-state index contributed by atoms with van der Waals surface area (Å²) < 4.78 is 7.08. The van der Waals surface area contributed by atoms with E-state index in [1.165, 1.54) is 17.8 Å². The van der Waals surface area contributed by atoms with E-state index in [9.17, 15) is 4.79 Å². The molecule has 2 aromatic heterocycles. The summed E-state index contributed by atoms with van der Waals surface area (Å²) in [7, 11) is 0. The summed E-state index contributed by atoms with van der Waals surface area (Å²) in [6.45, 7) is 6.04. The number of rotatable bonds is 5. The lowest BCUT2D eigenvalue weighted by molar-refractivity contribution is 0.477. The maximum atomic E-state index is 11.9. The van der Waals surface area contributed by atoms with Crippen LogP contribution in [-0.2, 0) is 12.2 Å². The van der Waals surface area contributed by atoms with Crippen LogP contribution < -0.4 is 5.63 Å². The second-order valence-corrected chi connectivity index (χ2v) is 7.02. The van der Waals surface area contributed by atoms with E-state index in [4.69, 9.17) is 16.0 Å². The average Bonchev–Trinajstić information content (AvgIpc) is 3.01. The van der Waals surface area contributed by atoms with Crippen molar-refractivity contribution in [2.45, 2.75) is 44.1 Å². The maximum Gasteiger partial charge on any atom is 0.336 e. The number of tetrazole rings is 1. The van der Waals surface area contributed by atoms with Crippen LogP contribution in [0.25, 0.3) is 11.0 Å². The zero-order valence-electron chi connectivity index (χ0n) is 13.6. The molecule has 0 radical (unpaired) electrons. The van der Waals surface area contributed by atoms with Crippen molar-refractivity contribution in [3.63, 3.8) is 0 Å².